The highest BCUT2D eigenvalue weighted by Gasteiger charge is 2.52. The Morgan fingerprint density at radius 3 is 2.14 bits per heavy atom. The van der Waals surface area contributed by atoms with Crippen molar-refractivity contribution in [3.63, 3.8) is 0 Å². The molecule has 0 radical (unpaired) electrons. The number of para-hydroxylation sites is 1. The lowest BCUT2D eigenvalue weighted by molar-refractivity contribution is -0.00616. The molecule has 3 aromatic carbocycles. The van der Waals surface area contributed by atoms with Crippen molar-refractivity contribution in [2.24, 2.45) is 22.7 Å². The van der Waals surface area contributed by atoms with Gasteiger partial charge in [-0.3, -0.25) is 4.99 Å². The van der Waals surface area contributed by atoms with Crippen LogP contribution >= 0.6 is 0 Å². The van der Waals surface area contributed by atoms with Gasteiger partial charge >= 0.3 is 0 Å². The highest BCUT2D eigenvalue weighted by molar-refractivity contribution is 5.90. The molecule has 1 N–H and O–H groups in total. The number of aryl methyl sites for hydroxylation is 1. The van der Waals surface area contributed by atoms with Crippen LogP contribution in [0.2, 0.25) is 0 Å². The number of hydrogen-bond donors (Lipinski definition) is 1. The molecule has 4 aliphatic rings. The highest BCUT2D eigenvalue weighted by atomic mass is 16.5. The van der Waals surface area contributed by atoms with Crippen molar-refractivity contribution in [1.82, 2.24) is 0 Å². The van der Waals surface area contributed by atoms with Crippen molar-refractivity contribution in [3.05, 3.63) is 76.9 Å². The quantitative estimate of drug-likeness (QED) is 0.213. The van der Waals surface area contributed by atoms with E-state index in [1.165, 1.54) is 93.7 Å². The first kappa shape index (κ1) is 30.9. The number of nitrogens with zero attached hydrogens (tertiary/aromatic N) is 1. The van der Waals surface area contributed by atoms with E-state index in [1.807, 2.05) is 6.21 Å². The summed E-state index contributed by atoms with van der Waals surface area (Å²) in [5.74, 6) is 3.82. The molecule has 3 aromatic rings. The first-order chi connectivity index (χ1) is 21.3. The molecule has 0 heterocycles. The van der Waals surface area contributed by atoms with Gasteiger partial charge in [-0.1, -0.05) is 76.8 Å². The Balaban J connectivity index is 1.36. The first-order valence-electron chi connectivity index (χ1n) is 17.4. The molecule has 3 heteroatoms. The van der Waals surface area contributed by atoms with Gasteiger partial charge in [-0.25, -0.2) is 0 Å². The minimum atomic E-state index is 0.131. The maximum atomic E-state index is 11.8. The molecule has 4 fully saturated rings. The van der Waals surface area contributed by atoms with Gasteiger partial charge in [0.05, 0.1) is 12.8 Å². The summed E-state index contributed by atoms with van der Waals surface area (Å²) in [5.41, 5.74) is 7.90. The maximum absolute atomic E-state index is 11.8. The fraction of sp³-hybridized carbons (Fsp3) is 0.537. The zero-order valence-corrected chi connectivity index (χ0v) is 27.8. The third kappa shape index (κ3) is 5.96. The van der Waals surface area contributed by atoms with Crippen molar-refractivity contribution in [2.45, 2.75) is 116 Å². The van der Waals surface area contributed by atoms with Crippen LogP contribution in [0.15, 0.2) is 59.6 Å². The van der Waals surface area contributed by atoms with E-state index in [0.29, 0.717) is 5.75 Å². The second kappa shape index (κ2) is 12.7. The lowest BCUT2D eigenvalue weighted by Gasteiger charge is -2.57. The summed E-state index contributed by atoms with van der Waals surface area (Å²) in [7, 11) is 1.76. The summed E-state index contributed by atoms with van der Waals surface area (Å²) < 4.78 is 5.92. The second-order valence-corrected chi connectivity index (χ2v) is 14.9. The summed E-state index contributed by atoms with van der Waals surface area (Å²) in [6, 6.07) is 19.5. The summed E-state index contributed by atoms with van der Waals surface area (Å²) in [4.78, 5) is 5.07. The topological polar surface area (TPSA) is 41.8 Å². The Bertz CT molecular complexity index is 1460. The number of rotatable bonds is 12. The predicted molar refractivity (Wildman–Crippen MR) is 185 cm³/mol. The number of phenolic OH excluding ortho intramolecular Hbond substituents is 1. The van der Waals surface area contributed by atoms with Crippen LogP contribution in [-0.4, -0.2) is 18.4 Å². The average molecular weight is 592 g/mol. The smallest absolute Gasteiger partial charge is 0.128 e. The molecule has 0 unspecified atom stereocenters. The fourth-order valence-corrected chi connectivity index (χ4v) is 9.54. The Hall–Kier alpha value is -3.07. The lowest BCUT2D eigenvalue weighted by Crippen LogP contribution is -2.48. The summed E-state index contributed by atoms with van der Waals surface area (Å²) in [5, 5.41) is 11.8. The SMILES string of the molecule is CCCCC(C)(CCCC)c1ccc(OC)c(-c2ccccc2N=Cc2cc(C)cc(C34CC5CC(CC(C5)C3)C4)c2O)c1. The molecule has 0 aromatic heterocycles. The highest BCUT2D eigenvalue weighted by Crippen LogP contribution is 2.62. The third-order valence-electron chi connectivity index (χ3n) is 11.5. The van der Waals surface area contributed by atoms with E-state index < -0.39 is 0 Å². The van der Waals surface area contributed by atoms with Crippen molar-refractivity contribution in [2.75, 3.05) is 7.11 Å². The number of hydrogen-bond acceptors (Lipinski definition) is 3. The number of unbranched alkanes of at least 4 members (excludes halogenated alkanes) is 2. The molecule has 0 spiro atoms. The maximum Gasteiger partial charge on any atom is 0.128 e. The molecule has 44 heavy (non-hydrogen) atoms. The largest absolute Gasteiger partial charge is 0.507 e. The number of ether oxygens (including phenoxy) is 1. The predicted octanol–water partition coefficient (Wildman–Crippen LogP) is 11.2. The van der Waals surface area contributed by atoms with Crippen LogP contribution in [0.25, 0.3) is 11.1 Å². The standard InChI is InChI=1S/C41H53NO2/c1-6-8-16-40(4,17-9-7-2)33-14-15-38(44-5)35(23-33)34-12-10-11-13-37(34)42-27-32-18-28(3)19-36(39(32)43)41-24-29-20-30(25-41)22-31(21-29)26-41/h10-15,18-19,23,27,29-31,43H,6-9,16-17,20-22,24-26H2,1-5H3. The summed E-state index contributed by atoms with van der Waals surface area (Å²) in [6.45, 7) is 9.17. The summed E-state index contributed by atoms with van der Waals surface area (Å²) in [6.07, 6.45) is 17.1. The number of aliphatic imine (C=N–C) groups is 1. The monoisotopic (exact) mass is 591 g/mol. The van der Waals surface area contributed by atoms with Crippen molar-refractivity contribution in [1.29, 1.82) is 0 Å². The fourth-order valence-electron chi connectivity index (χ4n) is 9.54. The van der Waals surface area contributed by atoms with Gasteiger partial charge in [-0.05, 0) is 122 Å². The van der Waals surface area contributed by atoms with E-state index in [4.69, 9.17) is 9.73 Å². The van der Waals surface area contributed by atoms with Gasteiger partial charge in [0, 0.05) is 28.5 Å². The van der Waals surface area contributed by atoms with Crippen molar-refractivity contribution in [3.8, 4) is 22.6 Å². The van der Waals surface area contributed by atoms with E-state index in [9.17, 15) is 5.11 Å². The minimum absolute atomic E-state index is 0.131. The van der Waals surface area contributed by atoms with Gasteiger partial charge in [-0.15, -0.1) is 0 Å². The molecule has 7 rings (SSSR count). The number of phenols is 1. The average Bonchev–Trinajstić information content (AvgIpc) is 3.02. The number of aromatic hydroxyl groups is 1. The van der Waals surface area contributed by atoms with Crippen molar-refractivity contribution >= 4 is 11.9 Å². The van der Waals surface area contributed by atoms with Crippen LogP contribution in [0.5, 0.6) is 11.5 Å². The molecule has 234 valence electrons. The molecule has 0 amide bonds. The Labute approximate surface area is 266 Å². The van der Waals surface area contributed by atoms with Gasteiger partial charge in [-0.2, -0.15) is 0 Å². The zero-order chi connectivity index (χ0) is 30.9. The molecular formula is C41H53NO2. The molecule has 0 saturated heterocycles. The van der Waals surface area contributed by atoms with Gasteiger partial charge in [0.2, 0.25) is 0 Å². The molecule has 3 nitrogen and oxygen atoms in total. The zero-order valence-electron chi connectivity index (χ0n) is 27.8. The van der Waals surface area contributed by atoms with Crippen LogP contribution in [-0.2, 0) is 10.8 Å². The van der Waals surface area contributed by atoms with Crippen LogP contribution < -0.4 is 4.74 Å². The lowest BCUT2D eigenvalue weighted by atomic mass is 9.48. The van der Waals surface area contributed by atoms with Crippen LogP contribution in [0, 0.1) is 24.7 Å². The van der Waals surface area contributed by atoms with Gasteiger partial charge in [0.25, 0.3) is 0 Å². The van der Waals surface area contributed by atoms with Crippen molar-refractivity contribution < 1.29 is 9.84 Å². The third-order valence-corrected chi connectivity index (χ3v) is 11.5. The van der Waals surface area contributed by atoms with Crippen LogP contribution in [0.1, 0.15) is 120 Å². The normalized spacial score (nSPS) is 24.3. The van der Waals surface area contributed by atoms with E-state index in [1.54, 1.807) is 7.11 Å². The van der Waals surface area contributed by atoms with Crippen LogP contribution in [0.3, 0.4) is 0 Å². The Morgan fingerprint density at radius 2 is 1.52 bits per heavy atom. The van der Waals surface area contributed by atoms with E-state index in [-0.39, 0.29) is 10.8 Å². The van der Waals surface area contributed by atoms with Crippen LogP contribution in [0.4, 0.5) is 5.69 Å². The Kier molecular flexibility index (Phi) is 8.95. The van der Waals surface area contributed by atoms with Gasteiger partial charge < -0.3 is 9.84 Å². The summed E-state index contributed by atoms with van der Waals surface area (Å²) >= 11 is 0. The minimum Gasteiger partial charge on any atom is -0.507 e. The second-order valence-electron chi connectivity index (χ2n) is 14.9. The Morgan fingerprint density at radius 1 is 0.886 bits per heavy atom. The molecule has 4 saturated carbocycles. The first-order valence-corrected chi connectivity index (χ1v) is 17.4. The van der Waals surface area contributed by atoms with Gasteiger partial charge in [0.15, 0.2) is 0 Å². The molecular weight excluding hydrogens is 538 g/mol. The number of methoxy groups -OCH3 is 1. The van der Waals surface area contributed by atoms with Gasteiger partial charge in [0.1, 0.15) is 11.5 Å². The molecule has 0 atom stereocenters. The van der Waals surface area contributed by atoms with E-state index in [0.717, 1.165) is 45.9 Å². The molecule has 4 bridgehead atoms. The number of benzene rings is 3. The van der Waals surface area contributed by atoms with E-state index in [2.05, 4.69) is 82.3 Å². The molecule has 0 aliphatic heterocycles. The molecule has 4 aliphatic carbocycles. The van der Waals surface area contributed by atoms with E-state index >= 15 is 0 Å².